The van der Waals surface area contributed by atoms with Crippen molar-refractivity contribution < 1.29 is 28.6 Å². The van der Waals surface area contributed by atoms with E-state index in [4.69, 9.17) is 14.2 Å². The third-order valence-electron chi connectivity index (χ3n) is 6.88. The Morgan fingerprint density at radius 2 is 1.74 bits per heavy atom. The third-order valence-corrected chi connectivity index (χ3v) is 7.36. The molecule has 1 N–H and O–H groups in total. The van der Waals surface area contributed by atoms with Gasteiger partial charge in [-0.05, 0) is 23.3 Å². The van der Waals surface area contributed by atoms with Crippen molar-refractivity contribution in [3.05, 3.63) is 95.9 Å². The van der Waals surface area contributed by atoms with Crippen molar-refractivity contribution in [2.24, 2.45) is 0 Å². The minimum absolute atomic E-state index is 0.0312. The van der Waals surface area contributed by atoms with Crippen LogP contribution in [-0.4, -0.2) is 63.7 Å². The van der Waals surface area contributed by atoms with Crippen LogP contribution >= 0.6 is 8.20 Å². The predicted octanol–water partition coefficient (Wildman–Crippen LogP) is 3.49. The molecule has 0 bridgehead atoms. The Kier molecular flexibility index (Phi) is 9.20. The van der Waals surface area contributed by atoms with Crippen LogP contribution < -0.4 is 5.32 Å². The van der Waals surface area contributed by atoms with E-state index in [2.05, 4.69) is 27.8 Å². The van der Waals surface area contributed by atoms with Crippen molar-refractivity contribution in [3.8, 4) is 6.07 Å². The highest BCUT2D eigenvalue weighted by Crippen LogP contribution is 2.42. The standard InChI is InChI=1S/C31H28N5O6P/c1-43-18-29(39)41-26-16-23(17-40-28(38)15-22-10-6-3-7-11-22)42-31(26,19-32)25-13-12-24-30(33-20-34-36(24)25)35-27(37)14-21-8-4-2-5-9-21/h2-13,20,23,26H,1,14-18H2,(H,33,34,35,37)/t23-,26?,31-/m0/s1. The number of ether oxygens (including phenoxy) is 3. The molecule has 12 heteroatoms. The summed E-state index contributed by atoms with van der Waals surface area (Å²) in [6.45, 7) is -0.143. The van der Waals surface area contributed by atoms with Gasteiger partial charge >= 0.3 is 11.9 Å². The highest BCUT2D eigenvalue weighted by atomic mass is 31.1. The Bertz CT molecular complexity index is 1670. The van der Waals surface area contributed by atoms with Crippen LogP contribution in [-0.2, 0) is 47.0 Å². The second-order valence-corrected chi connectivity index (χ2v) is 10.6. The van der Waals surface area contributed by atoms with Crippen LogP contribution in [0.4, 0.5) is 5.82 Å². The molecule has 1 unspecified atom stereocenters. The van der Waals surface area contributed by atoms with Crippen LogP contribution in [0.15, 0.2) is 79.1 Å². The molecule has 11 nitrogen and oxygen atoms in total. The number of aromatic nitrogens is 3. The van der Waals surface area contributed by atoms with E-state index in [1.54, 1.807) is 12.1 Å². The summed E-state index contributed by atoms with van der Waals surface area (Å²) in [6, 6.07) is 23.9. The molecule has 1 aliphatic heterocycles. The number of hydrogen-bond acceptors (Lipinski definition) is 9. The Morgan fingerprint density at radius 3 is 2.42 bits per heavy atom. The molecule has 3 atom stereocenters. The Hall–Kier alpha value is -4.91. The summed E-state index contributed by atoms with van der Waals surface area (Å²) in [6.07, 6.45) is 3.50. The molecule has 1 fully saturated rings. The topological polar surface area (TPSA) is 145 Å². The van der Waals surface area contributed by atoms with E-state index in [0.717, 1.165) is 11.1 Å². The maximum atomic E-state index is 12.8. The number of hydrogen-bond donors (Lipinski definition) is 1. The van der Waals surface area contributed by atoms with Crippen LogP contribution in [0.25, 0.3) is 5.52 Å². The number of rotatable bonds is 11. The quantitative estimate of drug-likeness (QED) is 0.203. The maximum absolute atomic E-state index is 12.8. The Morgan fingerprint density at radius 1 is 1.05 bits per heavy atom. The van der Waals surface area contributed by atoms with E-state index in [9.17, 15) is 19.6 Å². The average Bonchev–Trinajstić information content (AvgIpc) is 3.60. The van der Waals surface area contributed by atoms with Crippen molar-refractivity contribution in [3.63, 3.8) is 0 Å². The van der Waals surface area contributed by atoms with Crippen LogP contribution in [0.2, 0.25) is 0 Å². The van der Waals surface area contributed by atoms with Crippen LogP contribution in [0.1, 0.15) is 23.2 Å². The summed E-state index contributed by atoms with van der Waals surface area (Å²) in [5.41, 5.74) is 0.545. The van der Waals surface area contributed by atoms with E-state index < -0.39 is 29.7 Å². The van der Waals surface area contributed by atoms with Gasteiger partial charge in [-0.25, -0.2) is 9.50 Å². The van der Waals surface area contributed by atoms with Gasteiger partial charge in [0.2, 0.25) is 11.5 Å². The fourth-order valence-corrected chi connectivity index (χ4v) is 5.22. The van der Waals surface area contributed by atoms with Crippen molar-refractivity contribution in [1.82, 2.24) is 14.6 Å². The zero-order chi connectivity index (χ0) is 30.2. The summed E-state index contributed by atoms with van der Waals surface area (Å²) in [4.78, 5) is 42.0. The minimum atomic E-state index is -1.78. The molecule has 3 heterocycles. The molecule has 1 saturated heterocycles. The number of amides is 1. The summed E-state index contributed by atoms with van der Waals surface area (Å²) >= 11 is 0. The van der Waals surface area contributed by atoms with Gasteiger partial charge in [-0.15, -0.1) is 8.20 Å². The first kappa shape index (κ1) is 29.6. The molecule has 1 aliphatic rings. The lowest BCUT2D eigenvalue weighted by Gasteiger charge is -2.27. The first-order valence-corrected chi connectivity index (χ1v) is 14.8. The first-order chi connectivity index (χ1) is 20.9. The lowest BCUT2D eigenvalue weighted by molar-refractivity contribution is -0.154. The molecule has 0 saturated carbocycles. The monoisotopic (exact) mass is 597 g/mol. The number of carbonyl (C=O) groups excluding carboxylic acids is 3. The van der Waals surface area contributed by atoms with Crippen molar-refractivity contribution in [2.45, 2.75) is 37.1 Å². The minimum Gasteiger partial charge on any atom is -0.463 e. The lowest BCUT2D eigenvalue weighted by atomic mass is 9.94. The van der Waals surface area contributed by atoms with Gasteiger partial charge in [-0.1, -0.05) is 67.0 Å². The number of nitrogens with zero attached hydrogens (tertiary/aromatic N) is 4. The molecule has 43 heavy (non-hydrogen) atoms. The van der Waals surface area contributed by atoms with E-state index in [1.807, 2.05) is 60.7 Å². The van der Waals surface area contributed by atoms with Gasteiger partial charge in [0.1, 0.15) is 24.5 Å². The molecule has 2 aromatic carbocycles. The number of benzene rings is 2. The Labute approximate surface area is 249 Å². The largest absolute Gasteiger partial charge is 0.463 e. The van der Waals surface area contributed by atoms with E-state index >= 15 is 0 Å². The van der Waals surface area contributed by atoms with E-state index in [-0.39, 0.29) is 49.5 Å². The average molecular weight is 598 g/mol. The molecule has 1 amide bonds. The molecular weight excluding hydrogens is 569 g/mol. The van der Waals surface area contributed by atoms with Gasteiger partial charge in [-0.3, -0.25) is 14.4 Å². The molecule has 2 aromatic heterocycles. The van der Waals surface area contributed by atoms with Gasteiger partial charge in [0, 0.05) is 6.42 Å². The van der Waals surface area contributed by atoms with Gasteiger partial charge in [0.05, 0.1) is 30.8 Å². The summed E-state index contributed by atoms with van der Waals surface area (Å²) in [5.74, 6) is -1.04. The molecule has 0 radical (unpaired) electrons. The molecule has 0 spiro atoms. The molecular formula is C31H28N5O6P. The SMILES string of the molecule is C=PCC(=O)OC1C[C@@H](COC(=O)Cc2ccccc2)O[C@@]1(C#N)c1ccc2c(NC(=O)Cc3ccccc3)ncnn12. The summed E-state index contributed by atoms with van der Waals surface area (Å²) in [7, 11) is 0.560. The number of carbonyl (C=O) groups is 3. The number of esters is 2. The Balaban J connectivity index is 1.38. The number of nitrogens with one attached hydrogen (secondary N) is 1. The van der Waals surface area contributed by atoms with Crippen LogP contribution in [0.5, 0.6) is 0 Å². The highest BCUT2D eigenvalue weighted by Gasteiger charge is 2.55. The van der Waals surface area contributed by atoms with Crippen molar-refractivity contribution in [1.29, 1.82) is 5.26 Å². The molecule has 4 aromatic rings. The van der Waals surface area contributed by atoms with Gasteiger partial charge < -0.3 is 19.5 Å². The van der Waals surface area contributed by atoms with E-state index in [1.165, 1.54) is 10.8 Å². The predicted molar refractivity (Wildman–Crippen MR) is 158 cm³/mol. The molecule has 218 valence electrons. The fraction of sp³-hybridized carbons (Fsp3) is 0.258. The fourth-order valence-electron chi connectivity index (χ4n) is 4.96. The lowest BCUT2D eigenvalue weighted by Crippen LogP contribution is -2.40. The van der Waals surface area contributed by atoms with Crippen LogP contribution in [0.3, 0.4) is 0 Å². The van der Waals surface area contributed by atoms with Gasteiger partial charge in [-0.2, -0.15) is 10.4 Å². The zero-order valence-electron chi connectivity index (χ0n) is 23.1. The number of anilines is 1. The van der Waals surface area contributed by atoms with Gasteiger partial charge in [0.25, 0.3) is 0 Å². The second kappa shape index (κ2) is 13.4. The molecule has 0 aliphatic carbocycles. The van der Waals surface area contributed by atoms with Crippen LogP contribution in [0, 0.1) is 11.3 Å². The number of fused-ring (bicyclic) bond motifs is 1. The maximum Gasteiger partial charge on any atom is 0.314 e. The smallest absolute Gasteiger partial charge is 0.314 e. The summed E-state index contributed by atoms with van der Waals surface area (Å²) < 4.78 is 18.9. The first-order valence-electron chi connectivity index (χ1n) is 13.5. The highest BCUT2D eigenvalue weighted by molar-refractivity contribution is 7.37. The number of nitriles is 1. The third kappa shape index (κ3) is 6.78. The van der Waals surface area contributed by atoms with E-state index in [0.29, 0.717) is 13.7 Å². The summed E-state index contributed by atoms with van der Waals surface area (Å²) in [5, 5.41) is 17.6. The van der Waals surface area contributed by atoms with Crippen molar-refractivity contribution in [2.75, 3.05) is 18.1 Å². The van der Waals surface area contributed by atoms with Crippen molar-refractivity contribution >= 4 is 43.7 Å². The normalized spacial score (nSPS) is 19.5. The van der Waals surface area contributed by atoms with Gasteiger partial charge in [0.15, 0.2) is 11.9 Å². The zero-order valence-corrected chi connectivity index (χ0v) is 24.0. The molecule has 5 rings (SSSR count). The second-order valence-electron chi connectivity index (χ2n) is 9.86.